The second-order valence-electron chi connectivity index (χ2n) is 2.60. The van der Waals surface area contributed by atoms with Crippen LogP contribution in [-0.4, -0.2) is 12.2 Å². The molecule has 0 amide bonds. The number of hydrogen-bond donors (Lipinski definition) is 3. The topological polar surface area (TPSA) is 78.4 Å². The van der Waals surface area contributed by atoms with Crippen molar-refractivity contribution < 1.29 is 5.10 Å². The van der Waals surface area contributed by atoms with Crippen molar-refractivity contribution in [3.63, 3.8) is 0 Å². The standard InChI is InChI=1S/C10H12N4/c11-10(12)14-13-8-4-7-9-5-2-1-3-6-9/h1-8H,(H4,11,12,14)/p+1. The number of allylic oxidation sites excluding steroid dienone is 1. The lowest BCUT2D eigenvalue weighted by atomic mass is 10.2. The first-order valence-corrected chi connectivity index (χ1v) is 4.18. The number of nitrogens with zero attached hydrogens (tertiary/aromatic N) is 1. The van der Waals surface area contributed by atoms with Gasteiger partial charge < -0.3 is 11.5 Å². The summed E-state index contributed by atoms with van der Waals surface area (Å²) in [5.41, 5.74) is 11.3. The van der Waals surface area contributed by atoms with Gasteiger partial charge in [-0.15, -0.1) is 5.10 Å². The van der Waals surface area contributed by atoms with Crippen molar-refractivity contribution in [3.8, 4) is 0 Å². The SMILES string of the molecule is NC(N)=N[NH+]=CC=Cc1ccccc1. The Kier molecular flexibility index (Phi) is 3.94. The van der Waals surface area contributed by atoms with E-state index in [1.165, 1.54) is 0 Å². The molecule has 0 aliphatic rings. The summed E-state index contributed by atoms with van der Waals surface area (Å²) in [5.74, 6) is 0.00867. The van der Waals surface area contributed by atoms with E-state index in [1.54, 1.807) is 6.21 Å². The van der Waals surface area contributed by atoms with Crippen LogP contribution in [0.25, 0.3) is 6.08 Å². The van der Waals surface area contributed by atoms with Crippen LogP contribution in [-0.2, 0) is 0 Å². The maximum atomic E-state index is 5.11. The van der Waals surface area contributed by atoms with E-state index in [0.717, 1.165) is 5.56 Å². The van der Waals surface area contributed by atoms with Crippen LogP contribution in [0.1, 0.15) is 5.56 Å². The fraction of sp³-hybridized carbons (Fsp3) is 0. The normalized spacial score (nSPS) is 10.9. The molecule has 5 N–H and O–H groups in total. The van der Waals surface area contributed by atoms with Crippen molar-refractivity contribution in [2.24, 2.45) is 16.6 Å². The molecular formula is C10H13N4+. The van der Waals surface area contributed by atoms with Crippen LogP contribution < -0.4 is 16.6 Å². The molecule has 0 aliphatic carbocycles. The Morgan fingerprint density at radius 1 is 1.21 bits per heavy atom. The highest BCUT2D eigenvalue weighted by Gasteiger charge is 1.82. The van der Waals surface area contributed by atoms with Gasteiger partial charge in [0, 0.05) is 11.2 Å². The third-order valence-corrected chi connectivity index (χ3v) is 1.45. The predicted octanol–water partition coefficient (Wildman–Crippen LogP) is -0.960. The zero-order chi connectivity index (χ0) is 10.2. The number of rotatable bonds is 3. The van der Waals surface area contributed by atoms with E-state index >= 15 is 0 Å². The van der Waals surface area contributed by atoms with Gasteiger partial charge in [-0.1, -0.05) is 30.3 Å². The predicted molar refractivity (Wildman–Crippen MR) is 58.3 cm³/mol. The maximum absolute atomic E-state index is 5.11. The molecule has 4 heteroatoms. The summed E-state index contributed by atoms with van der Waals surface area (Å²) in [6, 6.07) is 9.93. The molecule has 0 fully saturated rings. The summed E-state index contributed by atoms with van der Waals surface area (Å²) in [4.78, 5) is 0. The largest absolute Gasteiger partial charge is 0.365 e. The Morgan fingerprint density at radius 2 is 1.93 bits per heavy atom. The fourth-order valence-corrected chi connectivity index (χ4v) is 0.878. The molecule has 0 aliphatic heterocycles. The van der Waals surface area contributed by atoms with Crippen LogP contribution in [0.15, 0.2) is 41.5 Å². The highest BCUT2D eigenvalue weighted by Crippen LogP contribution is 1.99. The first kappa shape index (κ1) is 9.98. The van der Waals surface area contributed by atoms with E-state index in [0.29, 0.717) is 0 Å². The minimum atomic E-state index is 0.00867. The van der Waals surface area contributed by atoms with Crippen LogP contribution in [0.3, 0.4) is 0 Å². The van der Waals surface area contributed by atoms with Crippen LogP contribution in [0.4, 0.5) is 0 Å². The van der Waals surface area contributed by atoms with Crippen LogP contribution in [0, 0.1) is 0 Å². The molecule has 0 spiro atoms. The molecule has 0 unspecified atom stereocenters. The second kappa shape index (κ2) is 5.53. The van der Waals surface area contributed by atoms with Gasteiger partial charge >= 0.3 is 0 Å². The molecule has 0 bridgehead atoms. The number of hydrogen-bond acceptors (Lipinski definition) is 1. The quantitative estimate of drug-likeness (QED) is 0.325. The minimum absolute atomic E-state index is 0.00867. The van der Waals surface area contributed by atoms with E-state index in [9.17, 15) is 0 Å². The van der Waals surface area contributed by atoms with Crippen molar-refractivity contribution >= 4 is 18.3 Å². The van der Waals surface area contributed by atoms with Gasteiger partial charge in [-0.05, 0) is 11.6 Å². The highest BCUT2D eigenvalue weighted by atomic mass is 15.3. The first-order chi connectivity index (χ1) is 6.79. The molecule has 14 heavy (non-hydrogen) atoms. The maximum Gasteiger partial charge on any atom is 0.256 e. The third kappa shape index (κ3) is 4.06. The Bertz CT molecular complexity index is 348. The van der Waals surface area contributed by atoms with Crippen molar-refractivity contribution in [1.29, 1.82) is 0 Å². The number of nitrogens with one attached hydrogen (secondary N) is 1. The molecule has 1 aromatic rings. The van der Waals surface area contributed by atoms with Crippen molar-refractivity contribution in [2.75, 3.05) is 0 Å². The lowest BCUT2D eigenvalue weighted by molar-refractivity contribution is -0.456. The van der Waals surface area contributed by atoms with Crippen molar-refractivity contribution in [2.45, 2.75) is 0 Å². The number of guanidine groups is 1. The summed E-state index contributed by atoms with van der Waals surface area (Å²) in [6.45, 7) is 0. The molecule has 0 atom stereocenters. The Hall–Kier alpha value is -2.10. The Labute approximate surface area is 82.6 Å². The average Bonchev–Trinajstić information content (AvgIpc) is 2.18. The van der Waals surface area contributed by atoms with E-state index in [2.05, 4.69) is 10.2 Å². The third-order valence-electron chi connectivity index (χ3n) is 1.45. The van der Waals surface area contributed by atoms with Gasteiger partial charge in [-0.25, -0.2) is 0 Å². The minimum Gasteiger partial charge on any atom is -0.365 e. The zero-order valence-corrected chi connectivity index (χ0v) is 7.72. The summed E-state index contributed by atoms with van der Waals surface area (Å²) < 4.78 is 0. The van der Waals surface area contributed by atoms with Gasteiger partial charge in [-0.2, -0.15) is 0 Å². The van der Waals surface area contributed by atoms with Crippen LogP contribution >= 0.6 is 0 Å². The number of nitrogens with two attached hydrogens (primary N) is 2. The second-order valence-corrected chi connectivity index (χ2v) is 2.60. The summed E-state index contributed by atoms with van der Waals surface area (Å²) >= 11 is 0. The van der Waals surface area contributed by atoms with E-state index < -0.39 is 0 Å². The van der Waals surface area contributed by atoms with Crippen LogP contribution in [0.5, 0.6) is 0 Å². The number of benzene rings is 1. The molecule has 0 heterocycles. The summed E-state index contributed by atoms with van der Waals surface area (Å²) in [6.07, 6.45) is 5.41. The highest BCUT2D eigenvalue weighted by molar-refractivity contribution is 5.76. The smallest absolute Gasteiger partial charge is 0.256 e. The summed E-state index contributed by atoms with van der Waals surface area (Å²) in [7, 11) is 0. The van der Waals surface area contributed by atoms with E-state index in [4.69, 9.17) is 11.5 Å². The van der Waals surface area contributed by atoms with Gasteiger partial charge in [0.15, 0.2) is 6.21 Å². The van der Waals surface area contributed by atoms with Gasteiger partial charge in [0.25, 0.3) is 5.96 Å². The molecular weight excluding hydrogens is 176 g/mol. The molecule has 0 radical (unpaired) electrons. The molecule has 1 aromatic carbocycles. The van der Waals surface area contributed by atoms with E-state index in [-0.39, 0.29) is 5.96 Å². The average molecular weight is 189 g/mol. The Balaban J connectivity index is 2.50. The molecule has 0 saturated heterocycles. The molecule has 4 nitrogen and oxygen atoms in total. The molecule has 1 rings (SSSR count). The van der Waals surface area contributed by atoms with Gasteiger partial charge in [0.1, 0.15) is 0 Å². The summed E-state index contributed by atoms with van der Waals surface area (Å²) in [5, 5.41) is 6.15. The lowest BCUT2D eigenvalue weighted by Gasteiger charge is -1.86. The monoisotopic (exact) mass is 189 g/mol. The molecule has 0 saturated carbocycles. The van der Waals surface area contributed by atoms with E-state index in [1.807, 2.05) is 42.5 Å². The van der Waals surface area contributed by atoms with Crippen LogP contribution in [0.2, 0.25) is 0 Å². The molecule has 0 aromatic heterocycles. The van der Waals surface area contributed by atoms with Gasteiger partial charge in [0.05, 0.1) is 0 Å². The van der Waals surface area contributed by atoms with Gasteiger partial charge in [-0.3, -0.25) is 0 Å². The lowest BCUT2D eigenvalue weighted by Crippen LogP contribution is -2.63. The Morgan fingerprint density at radius 3 is 2.57 bits per heavy atom. The first-order valence-electron chi connectivity index (χ1n) is 4.18. The zero-order valence-electron chi connectivity index (χ0n) is 7.72. The number of hydrazone groups is 1. The van der Waals surface area contributed by atoms with Crippen molar-refractivity contribution in [3.05, 3.63) is 42.0 Å². The fourth-order valence-electron chi connectivity index (χ4n) is 0.878. The van der Waals surface area contributed by atoms with Crippen molar-refractivity contribution in [1.82, 2.24) is 0 Å². The van der Waals surface area contributed by atoms with Gasteiger partial charge in [0.2, 0.25) is 0 Å². The molecule has 72 valence electrons.